The van der Waals surface area contributed by atoms with Crippen LogP contribution in [0.4, 0.5) is 0 Å². The highest BCUT2D eigenvalue weighted by molar-refractivity contribution is 6.42. The maximum atomic E-state index is 12.2. The highest BCUT2D eigenvalue weighted by atomic mass is 35.5. The van der Waals surface area contributed by atoms with E-state index in [2.05, 4.69) is 0 Å². The summed E-state index contributed by atoms with van der Waals surface area (Å²) in [6.45, 7) is 0. The SMILES string of the molecule is COc1ccc2ccc(OC(=O)c3ccc(Cl)c(Cl)c3)cc2c1. The van der Waals surface area contributed by atoms with Crippen molar-refractivity contribution in [1.82, 2.24) is 0 Å². The summed E-state index contributed by atoms with van der Waals surface area (Å²) in [5, 5.41) is 2.65. The Hall–Kier alpha value is -2.23. The second-order valence-electron chi connectivity index (χ2n) is 4.89. The Bertz CT molecular complexity index is 891. The molecule has 3 aromatic rings. The minimum Gasteiger partial charge on any atom is -0.497 e. The molecule has 0 saturated carbocycles. The van der Waals surface area contributed by atoms with Crippen molar-refractivity contribution in [2.45, 2.75) is 0 Å². The van der Waals surface area contributed by atoms with Crippen LogP contribution >= 0.6 is 23.2 Å². The van der Waals surface area contributed by atoms with Gasteiger partial charge in [0, 0.05) is 0 Å². The van der Waals surface area contributed by atoms with E-state index in [4.69, 9.17) is 32.7 Å². The van der Waals surface area contributed by atoms with Crippen molar-refractivity contribution in [2.24, 2.45) is 0 Å². The van der Waals surface area contributed by atoms with Crippen LogP contribution in [0.5, 0.6) is 11.5 Å². The maximum absolute atomic E-state index is 12.2. The number of benzene rings is 3. The fourth-order valence-corrected chi connectivity index (χ4v) is 2.48. The Labute approximate surface area is 143 Å². The van der Waals surface area contributed by atoms with Crippen molar-refractivity contribution in [3.8, 4) is 11.5 Å². The highest BCUT2D eigenvalue weighted by Crippen LogP contribution is 2.26. The molecule has 0 spiro atoms. The second kappa shape index (κ2) is 6.49. The average molecular weight is 347 g/mol. The molecule has 0 aliphatic rings. The maximum Gasteiger partial charge on any atom is 0.343 e. The molecule has 23 heavy (non-hydrogen) atoms. The first kappa shape index (κ1) is 15.7. The predicted molar refractivity (Wildman–Crippen MR) is 91.9 cm³/mol. The fourth-order valence-electron chi connectivity index (χ4n) is 2.18. The van der Waals surface area contributed by atoms with E-state index in [1.165, 1.54) is 6.07 Å². The van der Waals surface area contributed by atoms with Gasteiger partial charge in [-0.05, 0) is 53.2 Å². The molecule has 5 heteroatoms. The molecule has 0 heterocycles. The molecular weight excluding hydrogens is 335 g/mol. The number of esters is 1. The molecule has 0 N–H and O–H groups in total. The number of fused-ring (bicyclic) bond motifs is 1. The summed E-state index contributed by atoms with van der Waals surface area (Å²) in [5.41, 5.74) is 0.338. The van der Waals surface area contributed by atoms with Crippen LogP contribution in [0.25, 0.3) is 10.8 Å². The molecule has 0 fully saturated rings. The second-order valence-corrected chi connectivity index (χ2v) is 5.71. The lowest BCUT2D eigenvalue weighted by atomic mass is 10.1. The van der Waals surface area contributed by atoms with Crippen molar-refractivity contribution in [3.05, 3.63) is 70.2 Å². The largest absolute Gasteiger partial charge is 0.497 e. The molecule has 3 aromatic carbocycles. The van der Waals surface area contributed by atoms with Gasteiger partial charge in [-0.25, -0.2) is 4.79 Å². The van der Waals surface area contributed by atoms with Crippen LogP contribution < -0.4 is 9.47 Å². The van der Waals surface area contributed by atoms with E-state index in [-0.39, 0.29) is 0 Å². The van der Waals surface area contributed by atoms with Gasteiger partial charge in [-0.3, -0.25) is 0 Å². The summed E-state index contributed by atoms with van der Waals surface area (Å²) in [6, 6.07) is 15.7. The van der Waals surface area contributed by atoms with Crippen molar-refractivity contribution < 1.29 is 14.3 Å². The normalized spacial score (nSPS) is 10.6. The lowest BCUT2D eigenvalue weighted by molar-refractivity contribution is 0.0735. The van der Waals surface area contributed by atoms with Gasteiger partial charge in [0.25, 0.3) is 0 Å². The molecule has 3 nitrogen and oxygen atoms in total. The summed E-state index contributed by atoms with van der Waals surface area (Å²) in [7, 11) is 1.61. The third-order valence-corrected chi connectivity index (χ3v) is 4.12. The number of hydrogen-bond acceptors (Lipinski definition) is 3. The summed E-state index contributed by atoms with van der Waals surface area (Å²) in [4.78, 5) is 12.2. The van der Waals surface area contributed by atoms with Crippen molar-refractivity contribution >= 4 is 39.9 Å². The molecule has 0 bridgehead atoms. The molecule has 116 valence electrons. The van der Waals surface area contributed by atoms with Gasteiger partial charge in [-0.1, -0.05) is 35.3 Å². The first-order chi connectivity index (χ1) is 11.1. The van der Waals surface area contributed by atoms with Crippen LogP contribution in [0.1, 0.15) is 10.4 Å². The minimum absolute atomic E-state index is 0.310. The highest BCUT2D eigenvalue weighted by Gasteiger charge is 2.11. The minimum atomic E-state index is -0.495. The van der Waals surface area contributed by atoms with Crippen LogP contribution in [-0.2, 0) is 0 Å². The Morgan fingerprint density at radius 2 is 1.52 bits per heavy atom. The number of carbonyl (C=O) groups excluding carboxylic acids is 1. The monoisotopic (exact) mass is 346 g/mol. The molecule has 0 saturated heterocycles. The number of hydrogen-bond donors (Lipinski definition) is 0. The summed E-state index contributed by atoms with van der Waals surface area (Å²) in [6.07, 6.45) is 0. The molecule has 0 aromatic heterocycles. The van der Waals surface area contributed by atoms with Gasteiger partial charge in [0.1, 0.15) is 11.5 Å². The summed E-state index contributed by atoms with van der Waals surface area (Å²) >= 11 is 11.8. The standard InChI is InChI=1S/C18H12Cl2O3/c1-22-14-5-2-11-3-6-15(9-13(11)8-14)23-18(21)12-4-7-16(19)17(20)10-12/h2-10H,1H3. The molecule has 0 unspecified atom stereocenters. The quantitative estimate of drug-likeness (QED) is 0.472. The van der Waals surface area contributed by atoms with Gasteiger partial charge >= 0.3 is 5.97 Å². The van der Waals surface area contributed by atoms with Crippen LogP contribution in [0.15, 0.2) is 54.6 Å². The van der Waals surface area contributed by atoms with Crippen LogP contribution in [0, 0.1) is 0 Å². The van der Waals surface area contributed by atoms with Crippen molar-refractivity contribution in [1.29, 1.82) is 0 Å². The summed E-state index contributed by atoms with van der Waals surface area (Å²) in [5.74, 6) is 0.693. The Balaban J connectivity index is 1.88. The lowest BCUT2D eigenvalue weighted by Gasteiger charge is -2.07. The first-order valence-corrected chi connectivity index (χ1v) is 7.57. The number of ether oxygens (including phenoxy) is 2. The van der Waals surface area contributed by atoms with E-state index in [9.17, 15) is 4.79 Å². The predicted octanol–water partition coefficient (Wildman–Crippen LogP) is 5.37. The molecule has 0 atom stereocenters. The van der Waals surface area contributed by atoms with E-state index in [1.54, 1.807) is 31.4 Å². The third kappa shape index (κ3) is 3.41. The Kier molecular flexibility index (Phi) is 4.42. The first-order valence-electron chi connectivity index (χ1n) is 6.82. The van der Waals surface area contributed by atoms with Gasteiger partial charge < -0.3 is 9.47 Å². The Morgan fingerprint density at radius 1 is 0.826 bits per heavy atom. The number of rotatable bonds is 3. The zero-order valence-corrected chi connectivity index (χ0v) is 13.7. The van der Waals surface area contributed by atoms with Gasteiger partial charge in [-0.15, -0.1) is 0 Å². The summed E-state index contributed by atoms with van der Waals surface area (Å²) < 4.78 is 10.6. The molecule has 0 amide bonds. The Morgan fingerprint density at radius 3 is 2.22 bits per heavy atom. The van der Waals surface area contributed by atoms with E-state index >= 15 is 0 Å². The molecular formula is C18H12Cl2O3. The molecule has 0 radical (unpaired) electrons. The van der Waals surface area contributed by atoms with Crippen LogP contribution in [0.3, 0.4) is 0 Å². The van der Waals surface area contributed by atoms with Gasteiger partial charge in [0.2, 0.25) is 0 Å². The van der Waals surface area contributed by atoms with E-state index in [1.807, 2.05) is 24.3 Å². The smallest absolute Gasteiger partial charge is 0.343 e. The molecule has 0 aliphatic carbocycles. The molecule has 0 aliphatic heterocycles. The number of halogens is 2. The van der Waals surface area contributed by atoms with Crippen molar-refractivity contribution in [3.63, 3.8) is 0 Å². The number of methoxy groups -OCH3 is 1. The van der Waals surface area contributed by atoms with Crippen LogP contribution in [-0.4, -0.2) is 13.1 Å². The lowest BCUT2D eigenvalue weighted by Crippen LogP contribution is -2.08. The van der Waals surface area contributed by atoms with E-state index in [0.29, 0.717) is 21.4 Å². The topological polar surface area (TPSA) is 35.5 Å². The zero-order valence-electron chi connectivity index (χ0n) is 12.2. The average Bonchev–Trinajstić information content (AvgIpc) is 2.56. The zero-order chi connectivity index (χ0) is 16.4. The number of carbonyl (C=O) groups is 1. The van der Waals surface area contributed by atoms with Crippen LogP contribution in [0.2, 0.25) is 10.0 Å². The van der Waals surface area contributed by atoms with E-state index in [0.717, 1.165) is 16.5 Å². The van der Waals surface area contributed by atoms with Gasteiger partial charge in [0.15, 0.2) is 0 Å². The molecule has 3 rings (SSSR count). The van der Waals surface area contributed by atoms with Gasteiger partial charge in [-0.2, -0.15) is 0 Å². The third-order valence-electron chi connectivity index (χ3n) is 3.38. The fraction of sp³-hybridized carbons (Fsp3) is 0.0556. The van der Waals surface area contributed by atoms with E-state index < -0.39 is 5.97 Å². The van der Waals surface area contributed by atoms with Crippen molar-refractivity contribution in [2.75, 3.05) is 7.11 Å². The van der Waals surface area contributed by atoms with Gasteiger partial charge in [0.05, 0.1) is 22.7 Å².